The van der Waals surface area contributed by atoms with Crippen LogP contribution in [0.1, 0.15) is 31.7 Å². The van der Waals surface area contributed by atoms with Gasteiger partial charge in [0.2, 0.25) is 0 Å². The molecule has 1 N–H and O–H groups in total. The molecule has 0 aliphatic heterocycles. The fourth-order valence-electron chi connectivity index (χ4n) is 2.07. The summed E-state index contributed by atoms with van der Waals surface area (Å²) in [5.74, 6) is 3.73. The Bertz CT molecular complexity index is 463. The van der Waals surface area contributed by atoms with E-state index in [2.05, 4.69) is 50.0 Å². The van der Waals surface area contributed by atoms with Crippen molar-refractivity contribution < 1.29 is 0 Å². The molecule has 0 amide bonds. The second-order valence-corrected chi connectivity index (χ2v) is 5.83. The number of rotatable bonds is 7. The van der Waals surface area contributed by atoms with E-state index in [1.165, 1.54) is 18.4 Å². The van der Waals surface area contributed by atoms with Crippen LogP contribution in [0.15, 0.2) is 16.7 Å². The van der Waals surface area contributed by atoms with Gasteiger partial charge in [-0.25, -0.2) is 4.98 Å². The number of terminal acetylenes is 1. The highest BCUT2D eigenvalue weighted by molar-refractivity contribution is 9.10. The molecule has 1 aromatic rings. The Kier molecular flexibility index (Phi) is 5.24. The van der Waals surface area contributed by atoms with Gasteiger partial charge in [0.1, 0.15) is 5.82 Å². The SMILES string of the molecule is C#CCN(CCC)c1ncc(Br)cc1CNC1CC1. The average Bonchev–Trinajstić information content (AvgIpc) is 3.20. The molecule has 0 bridgehead atoms. The fourth-order valence-corrected chi connectivity index (χ4v) is 2.45. The number of hydrogen-bond acceptors (Lipinski definition) is 3. The lowest BCUT2D eigenvalue weighted by Crippen LogP contribution is -2.28. The van der Waals surface area contributed by atoms with Crippen LogP contribution in [0.5, 0.6) is 0 Å². The Hall–Kier alpha value is -1.05. The number of hydrogen-bond donors (Lipinski definition) is 1. The molecule has 2 rings (SSSR count). The van der Waals surface area contributed by atoms with Crippen LogP contribution in [-0.4, -0.2) is 24.1 Å². The first kappa shape index (κ1) is 14.4. The maximum absolute atomic E-state index is 5.46. The zero-order valence-corrected chi connectivity index (χ0v) is 12.9. The van der Waals surface area contributed by atoms with Crippen molar-refractivity contribution in [3.63, 3.8) is 0 Å². The zero-order chi connectivity index (χ0) is 13.7. The van der Waals surface area contributed by atoms with Crippen LogP contribution in [-0.2, 0) is 6.54 Å². The first-order chi connectivity index (χ1) is 9.24. The summed E-state index contributed by atoms with van der Waals surface area (Å²) >= 11 is 3.50. The van der Waals surface area contributed by atoms with Crippen molar-refractivity contribution in [3.05, 3.63) is 22.3 Å². The summed E-state index contributed by atoms with van der Waals surface area (Å²) in [6, 6.07) is 2.83. The number of nitrogens with one attached hydrogen (secondary N) is 1. The van der Waals surface area contributed by atoms with E-state index in [0.717, 1.165) is 29.8 Å². The van der Waals surface area contributed by atoms with Crippen LogP contribution in [0.2, 0.25) is 0 Å². The van der Waals surface area contributed by atoms with E-state index >= 15 is 0 Å². The first-order valence-corrected chi connectivity index (χ1v) is 7.60. The number of anilines is 1. The van der Waals surface area contributed by atoms with Crippen molar-refractivity contribution >= 4 is 21.7 Å². The van der Waals surface area contributed by atoms with E-state index in [1.54, 1.807) is 0 Å². The van der Waals surface area contributed by atoms with Crippen LogP contribution in [0, 0.1) is 12.3 Å². The van der Waals surface area contributed by atoms with E-state index in [-0.39, 0.29) is 0 Å². The molecule has 0 atom stereocenters. The monoisotopic (exact) mass is 321 g/mol. The summed E-state index contributed by atoms with van der Waals surface area (Å²) in [4.78, 5) is 6.73. The predicted molar refractivity (Wildman–Crippen MR) is 83.1 cm³/mol. The minimum Gasteiger partial charge on any atom is -0.345 e. The third kappa shape index (κ3) is 4.22. The molecule has 1 fully saturated rings. The molecule has 0 unspecified atom stereocenters. The van der Waals surface area contributed by atoms with Crippen LogP contribution in [0.3, 0.4) is 0 Å². The molecule has 19 heavy (non-hydrogen) atoms. The van der Waals surface area contributed by atoms with Crippen molar-refractivity contribution in [3.8, 4) is 12.3 Å². The van der Waals surface area contributed by atoms with Gasteiger partial charge in [-0.15, -0.1) is 6.42 Å². The molecule has 4 heteroatoms. The zero-order valence-electron chi connectivity index (χ0n) is 11.3. The molecule has 0 aromatic carbocycles. The number of halogens is 1. The Labute approximate surface area is 123 Å². The molecule has 3 nitrogen and oxygen atoms in total. The lowest BCUT2D eigenvalue weighted by atomic mass is 10.2. The Balaban J connectivity index is 2.17. The van der Waals surface area contributed by atoms with Gasteiger partial charge in [-0.2, -0.15) is 0 Å². The van der Waals surface area contributed by atoms with Gasteiger partial charge in [0.25, 0.3) is 0 Å². The van der Waals surface area contributed by atoms with Gasteiger partial charge in [0.15, 0.2) is 0 Å². The van der Waals surface area contributed by atoms with Crippen LogP contribution in [0.4, 0.5) is 5.82 Å². The predicted octanol–water partition coefficient (Wildman–Crippen LogP) is 2.95. The molecule has 0 saturated heterocycles. The van der Waals surface area contributed by atoms with Crippen molar-refractivity contribution in [1.82, 2.24) is 10.3 Å². The smallest absolute Gasteiger partial charge is 0.133 e. The molecule has 0 radical (unpaired) electrons. The summed E-state index contributed by atoms with van der Waals surface area (Å²) < 4.78 is 1.01. The maximum atomic E-state index is 5.46. The quantitative estimate of drug-likeness (QED) is 0.783. The second-order valence-electron chi connectivity index (χ2n) is 4.92. The van der Waals surface area contributed by atoms with E-state index in [0.29, 0.717) is 12.6 Å². The van der Waals surface area contributed by atoms with E-state index in [1.807, 2.05) is 6.20 Å². The highest BCUT2D eigenvalue weighted by Gasteiger charge is 2.21. The number of nitrogens with zero attached hydrogens (tertiary/aromatic N) is 2. The van der Waals surface area contributed by atoms with Crippen molar-refractivity contribution in [2.45, 2.75) is 38.8 Å². The van der Waals surface area contributed by atoms with Crippen molar-refractivity contribution in [2.24, 2.45) is 0 Å². The molecule has 0 spiro atoms. The van der Waals surface area contributed by atoms with Gasteiger partial charge in [-0.1, -0.05) is 12.8 Å². The van der Waals surface area contributed by atoms with Gasteiger partial charge >= 0.3 is 0 Å². The van der Waals surface area contributed by atoms with Crippen LogP contribution < -0.4 is 10.2 Å². The van der Waals surface area contributed by atoms with Gasteiger partial charge < -0.3 is 10.2 Å². The first-order valence-electron chi connectivity index (χ1n) is 6.80. The molecule has 102 valence electrons. The normalized spacial score (nSPS) is 14.2. The fraction of sp³-hybridized carbons (Fsp3) is 0.533. The molecular weight excluding hydrogens is 302 g/mol. The summed E-state index contributed by atoms with van der Waals surface area (Å²) in [7, 11) is 0. The highest BCUT2D eigenvalue weighted by atomic mass is 79.9. The molecule has 1 saturated carbocycles. The highest BCUT2D eigenvalue weighted by Crippen LogP contribution is 2.24. The second kappa shape index (κ2) is 6.93. The number of pyridine rings is 1. The standard InChI is InChI=1S/C15H20BrN3/c1-3-7-19(8-4-2)15-12(9-13(16)11-18-15)10-17-14-5-6-14/h1,9,11,14,17H,4-8,10H2,2H3. The molecule has 1 aliphatic rings. The third-order valence-corrected chi connectivity index (χ3v) is 3.58. The lowest BCUT2D eigenvalue weighted by molar-refractivity contribution is 0.680. The molecule has 1 aromatic heterocycles. The van der Waals surface area contributed by atoms with Crippen LogP contribution in [0.25, 0.3) is 0 Å². The third-order valence-electron chi connectivity index (χ3n) is 3.14. The van der Waals surface area contributed by atoms with Gasteiger partial charge in [-0.3, -0.25) is 0 Å². The van der Waals surface area contributed by atoms with Gasteiger partial charge in [0.05, 0.1) is 6.54 Å². The minimum absolute atomic E-state index is 0.610. The Morgan fingerprint density at radius 3 is 3.00 bits per heavy atom. The van der Waals surface area contributed by atoms with E-state index in [9.17, 15) is 0 Å². The van der Waals surface area contributed by atoms with Gasteiger partial charge in [-0.05, 0) is 41.3 Å². The maximum Gasteiger partial charge on any atom is 0.133 e. The van der Waals surface area contributed by atoms with Crippen LogP contribution >= 0.6 is 15.9 Å². The summed E-state index contributed by atoms with van der Waals surface area (Å²) in [5.41, 5.74) is 1.21. The van der Waals surface area contributed by atoms with E-state index < -0.39 is 0 Å². The Morgan fingerprint density at radius 1 is 1.58 bits per heavy atom. The minimum atomic E-state index is 0.610. The summed E-state index contributed by atoms with van der Waals surface area (Å²) in [6.45, 7) is 4.57. The topological polar surface area (TPSA) is 28.2 Å². The summed E-state index contributed by atoms with van der Waals surface area (Å²) in [5, 5.41) is 3.54. The number of aromatic nitrogens is 1. The largest absolute Gasteiger partial charge is 0.345 e. The Morgan fingerprint density at radius 2 is 2.37 bits per heavy atom. The van der Waals surface area contributed by atoms with Crippen molar-refractivity contribution in [1.29, 1.82) is 0 Å². The average molecular weight is 322 g/mol. The summed E-state index contributed by atoms with van der Waals surface area (Å²) in [6.07, 6.45) is 11.0. The lowest BCUT2D eigenvalue weighted by Gasteiger charge is -2.23. The molecule has 1 heterocycles. The van der Waals surface area contributed by atoms with E-state index in [4.69, 9.17) is 6.42 Å². The van der Waals surface area contributed by atoms with Crippen molar-refractivity contribution in [2.75, 3.05) is 18.0 Å². The van der Waals surface area contributed by atoms with Gasteiger partial charge in [0, 0.05) is 35.4 Å². The molecular formula is C15H20BrN3. The molecule has 1 aliphatic carbocycles.